The molecule has 0 radical (unpaired) electrons. The maximum absolute atomic E-state index is 3.78. The summed E-state index contributed by atoms with van der Waals surface area (Å²) >= 11 is 0. The third kappa shape index (κ3) is 2.50. The minimum atomic E-state index is 0.928. The lowest BCUT2D eigenvalue weighted by molar-refractivity contribution is 1.28. The number of hydrogen-bond donors (Lipinski definition) is 0. The molecule has 3 aromatic rings. The molecule has 0 unspecified atom stereocenters. The first-order valence-electron chi connectivity index (χ1n) is 6.97. The molecule has 0 heterocycles. The third-order valence-electron chi connectivity index (χ3n) is 3.66. The van der Waals surface area contributed by atoms with E-state index >= 15 is 0 Å². The quantitative estimate of drug-likeness (QED) is 0.541. The smallest absolute Gasteiger partial charge is 0.0100 e. The highest BCUT2D eigenvalue weighted by Crippen LogP contribution is 2.25. The molecule has 98 valence electrons. The van der Waals surface area contributed by atoms with Crippen molar-refractivity contribution in [3.8, 4) is 11.1 Å². The average Bonchev–Trinajstić information content (AvgIpc) is 2.48. The van der Waals surface area contributed by atoms with E-state index in [2.05, 4.69) is 74.2 Å². The monoisotopic (exact) mass is 258 g/mol. The van der Waals surface area contributed by atoms with E-state index in [1.54, 1.807) is 0 Å². The van der Waals surface area contributed by atoms with Crippen molar-refractivity contribution >= 4 is 10.8 Å². The largest absolute Gasteiger partial charge is 0.103 e. The first-order valence-corrected chi connectivity index (χ1v) is 6.97. The maximum Gasteiger partial charge on any atom is -0.0100 e. The van der Waals surface area contributed by atoms with Gasteiger partial charge in [0, 0.05) is 0 Å². The Balaban J connectivity index is 2.01. The van der Waals surface area contributed by atoms with E-state index in [9.17, 15) is 0 Å². The molecule has 0 saturated heterocycles. The number of rotatable bonds is 3. The zero-order chi connectivity index (χ0) is 13.9. The second-order valence-electron chi connectivity index (χ2n) is 5.26. The SMILES string of the molecule is C=CCc1ccc(-c2ccc3cc(C)ccc3c2)cc1. The van der Waals surface area contributed by atoms with E-state index in [1.807, 2.05) is 6.08 Å². The molecule has 0 aromatic heterocycles. The molecular formula is C20H18. The normalized spacial score (nSPS) is 10.7. The molecule has 0 nitrogen and oxygen atoms in total. The van der Waals surface area contributed by atoms with Crippen LogP contribution in [0.5, 0.6) is 0 Å². The molecule has 0 bridgehead atoms. The highest BCUT2D eigenvalue weighted by molar-refractivity contribution is 5.87. The van der Waals surface area contributed by atoms with Gasteiger partial charge in [-0.25, -0.2) is 0 Å². The molecule has 0 saturated carbocycles. The van der Waals surface area contributed by atoms with Crippen LogP contribution in [0.1, 0.15) is 11.1 Å². The second kappa shape index (κ2) is 5.34. The Labute approximate surface area is 120 Å². The Bertz CT molecular complexity index is 749. The van der Waals surface area contributed by atoms with Gasteiger partial charge in [0.25, 0.3) is 0 Å². The van der Waals surface area contributed by atoms with Crippen LogP contribution in [-0.2, 0) is 6.42 Å². The van der Waals surface area contributed by atoms with Crippen LogP contribution in [0.4, 0.5) is 0 Å². The standard InChI is InChI=1S/C20H18/c1-3-4-16-6-9-17(10-7-16)19-12-11-18-13-15(2)5-8-20(18)14-19/h3,5-14H,1,4H2,2H3. The lowest BCUT2D eigenvalue weighted by Crippen LogP contribution is -1.83. The summed E-state index contributed by atoms with van der Waals surface area (Å²) in [6.07, 6.45) is 2.87. The molecule has 0 aliphatic rings. The summed E-state index contributed by atoms with van der Waals surface area (Å²) < 4.78 is 0. The minimum Gasteiger partial charge on any atom is -0.103 e. The Morgan fingerprint density at radius 3 is 2.20 bits per heavy atom. The molecule has 20 heavy (non-hydrogen) atoms. The van der Waals surface area contributed by atoms with E-state index < -0.39 is 0 Å². The lowest BCUT2D eigenvalue weighted by Gasteiger charge is -2.06. The average molecular weight is 258 g/mol. The number of benzene rings is 3. The molecule has 0 spiro atoms. The van der Waals surface area contributed by atoms with Crippen LogP contribution < -0.4 is 0 Å². The van der Waals surface area contributed by atoms with Gasteiger partial charge in [0.05, 0.1) is 0 Å². The van der Waals surface area contributed by atoms with Gasteiger partial charge in [-0.05, 0) is 46.9 Å². The van der Waals surface area contributed by atoms with Crippen molar-refractivity contribution in [2.45, 2.75) is 13.3 Å². The van der Waals surface area contributed by atoms with Crippen LogP contribution in [0.2, 0.25) is 0 Å². The van der Waals surface area contributed by atoms with Gasteiger partial charge in [0.2, 0.25) is 0 Å². The number of hydrogen-bond acceptors (Lipinski definition) is 0. The Hall–Kier alpha value is -2.34. The topological polar surface area (TPSA) is 0 Å². The number of aryl methyl sites for hydroxylation is 1. The summed E-state index contributed by atoms with van der Waals surface area (Å²) in [4.78, 5) is 0. The fourth-order valence-electron chi connectivity index (χ4n) is 2.54. The van der Waals surface area contributed by atoms with Crippen LogP contribution in [0, 0.1) is 6.92 Å². The number of allylic oxidation sites excluding steroid dienone is 1. The van der Waals surface area contributed by atoms with Gasteiger partial charge in [-0.15, -0.1) is 6.58 Å². The molecule has 0 heteroatoms. The van der Waals surface area contributed by atoms with Gasteiger partial charge >= 0.3 is 0 Å². The molecular weight excluding hydrogens is 240 g/mol. The molecule has 0 N–H and O–H groups in total. The van der Waals surface area contributed by atoms with Gasteiger partial charge in [0.15, 0.2) is 0 Å². The Morgan fingerprint density at radius 2 is 1.45 bits per heavy atom. The predicted molar refractivity (Wildman–Crippen MR) is 88.0 cm³/mol. The van der Waals surface area contributed by atoms with Crippen molar-refractivity contribution in [1.82, 2.24) is 0 Å². The van der Waals surface area contributed by atoms with E-state index in [0.717, 1.165) is 6.42 Å². The summed E-state index contributed by atoms with van der Waals surface area (Å²) in [5, 5.41) is 2.60. The zero-order valence-corrected chi connectivity index (χ0v) is 11.8. The van der Waals surface area contributed by atoms with Gasteiger partial charge in [-0.1, -0.05) is 66.2 Å². The Morgan fingerprint density at radius 1 is 0.800 bits per heavy atom. The van der Waals surface area contributed by atoms with Crippen molar-refractivity contribution in [3.05, 3.63) is 84.4 Å². The van der Waals surface area contributed by atoms with Crippen molar-refractivity contribution in [3.63, 3.8) is 0 Å². The van der Waals surface area contributed by atoms with Crippen LogP contribution >= 0.6 is 0 Å². The highest BCUT2D eigenvalue weighted by Gasteiger charge is 2.00. The van der Waals surface area contributed by atoms with Crippen molar-refractivity contribution in [2.24, 2.45) is 0 Å². The maximum atomic E-state index is 3.78. The summed E-state index contributed by atoms with van der Waals surface area (Å²) in [6.45, 7) is 5.91. The van der Waals surface area contributed by atoms with Gasteiger partial charge in [0.1, 0.15) is 0 Å². The zero-order valence-electron chi connectivity index (χ0n) is 11.8. The van der Waals surface area contributed by atoms with Gasteiger partial charge < -0.3 is 0 Å². The van der Waals surface area contributed by atoms with Crippen LogP contribution in [0.15, 0.2) is 73.3 Å². The first kappa shape index (κ1) is 12.7. The number of fused-ring (bicyclic) bond motifs is 1. The summed E-state index contributed by atoms with van der Waals surface area (Å²) in [6, 6.07) is 22.0. The summed E-state index contributed by atoms with van der Waals surface area (Å²) in [5.41, 5.74) is 5.14. The van der Waals surface area contributed by atoms with Crippen molar-refractivity contribution in [1.29, 1.82) is 0 Å². The molecule has 0 aliphatic carbocycles. The van der Waals surface area contributed by atoms with E-state index in [1.165, 1.54) is 33.0 Å². The molecule has 0 fully saturated rings. The predicted octanol–water partition coefficient (Wildman–Crippen LogP) is 5.54. The first-order chi connectivity index (χ1) is 9.76. The van der Waals surface area contributed by atoms with Crippen LogP contribution in [-0.4, -0.2) is 0 Å². The molecule has 0 atom stereocenters. The fourth-order valence-corrected chi connectivity index (χ4v) is 2.54. The van der Waals surface area contributed by atoms with Crippen molar-refractivity contribution < 1.29 is 0 Å². The molecule has 0 aliphatic heterocycles. The van der Waals surface area contributed by atoms with E-state index in [0.29, 0.717) is 0 Å². The van der Waals surface area contributed by atoms with Crippen LogP contribution in [0.25, 0.3) is 21.9 Å². The van der Waals surface area contributed by atoms with E-state index in [-0.39, 0.29) is 0 Å². The second-order valence-corrected chi connectivity index (χ2v) is 5.26. The fraction of sp³-hybridized carbons (Fsp3) is 0.100. The van der Waals surface area contributed by atoms with Gasteiger partial charge in [-0.2, -0.15) is 0 Å². The summed E-state index contributed by atoms with van der Waals surface area (Å²) in [7, 11) is 0. The lowest BCUT2D eigenvalue weighted by atomic mass is 9.99. The van der Waals surface area contributed by atoms with E-state index in [4.69, 9.17) is 0 Å². The molecule has 3 rings (SSSR count). The van der Waals surface area contributed by atoms with Crippen LogP contribution in [0.3, 0.4) is 0 Å². The van der Waals surface area contributed by atoms with Gasteiger partial charge in [-0.3, -0.25) is 0 Å². The minimum absolute atomic E-state index is 0.928. The third-order valence-corrected chi connectivity index (χ3v) is 3.66. The summed E-state index contributed by atoms with van der Waals surface area (Å²) in [5.74, 6) is 0. The molecule has 3 aromatic carbocycles. The highest BCUT2D eigenvalue weighted by atomic mass is 14.0. The Kier molecular flexibility index (Phi) is 3.39. The molecule has 0 amide bonds. The van der Waals surface area contributed by atoms with Crippen molar-refractivity contribution in [2.75, 3.05) is 0 Å².